The Balaban J connectivity index is 1.55. The molecule has 1 heterocycles. The molecule has 5 nitrogen and oxygen atoms in total. The van der Waals surface area contributed by atoms with Gasteiger partial charge in [0.2, 0.25) is 0 Å². The van der Waals surface area contributed by atoms with Crippen LogP contribution in [-0.4, -0.2) is 50.7 Å². The quantitative estimate of drug-likeness (QED) is 0.828. The second kappa shape index (κ2) is 8.13. The van der Waals surface area contributed by atoms with Crippen LogP contribution in [-0.2, 0) is 4.79 Å². The third-order valence-corrected chi connectivity index (χ3v) is 4.81. The maximum absolute atomic E-state index is 12.5. The highest BCUT2D eigenvalue weighted by Gasteiger charge is 2.23. The number of carbonyl (C=O) groups excluding carboxylic acids is 1. The van der Waals surface area contributed by atoms with Crippen LogP contribution < -0.4 is 14.4 Å². The molecule has 2 aromatic carbocycles. The van der Waals surface area contributed by atoms with Crippen molar-refractivity contribution in [2.24, 2.45) is 0 Å². The Morgan fingerprint density at radius 3 is 2.27 bits per heavy atom. The number of para-hydroxylation sites is 3. The largest absolute Gasteiger partial charge is 0.495 e. The van der Waals surface area contributed by atoms with Gasteiger partial charge in [-0.25, -0.2) is 0 Å². The monoisotopic (exact) mass is 354 g/mol. The van der Waals surface area contributed by atoms with Gasteiger partial charge < -0.3 is 19.3 Å². The van der Waals surface area contributed by atoms with Crippen LogP contribution >= 0.6 is 0 Å². The summed E-state index contributed by atoms with van der Waals surface area (Å²) in [4.78, 5) is 16.7. The molecule has 0 bridgehead atoms. The van der Waals surface area contributed by atoms with Crippen molar-refractivity contribution in [2.75, 3.05) is 44.8 Å². The molecule has 1 aliphatic heterocycles. The minimum Gasteiger partial charge on any atom is -0.495 e. The van der Waals surface area contributed by atoms with E-state index in [9.17, 15) is 4.79 Å². The lowest BCUT2D eigenvalue weighted by atomic mass is 10.1. The predicted octanol–water partition coefficient (Wildman–Crippen LogP) is 3.04. The Bertz CT molecular complexity index is 747. The number of methoxy groups -OCH3 is 1. The van der Waals surface area contributed by atoms with Crippen LogP contribution in [0.3, 0.4) is 0 Å². The highest BCUT2D eigenvalue weighted by molar-refractivity contribution is 5.78. The van der Waals surface area contributed by atoms with E-state index < -0.39 is 0 Å². The number of anilines is 1. The third kappa shape index (κ3) is 3.93. The van der Waals surface area contributed by atoms with Gasteiger partial charge in [-0.2, -0.15) is 0 Å². The Labute approximate surface area is 155 Å². The zero-order valence-corrected chi connectivity index (χ0v) is 15.7. The standard InChI is InChI=1S/C21H26N2O3/c1-16-7-6-8-17(2)21(16)26-15-20(24)23-13-11-22(12-14-23)18-9-4-5-10-19(18)25-3/h4-10H,11-15H2,1-3H3. The molecule has 0 spiro atoms. The summed E-state index contributed by atoms with van der Waals surface area (Å²) >= 11 is 0. The van der Waals surface area contributed by atoms with Gasteiger partial charge in [0.15, 0.2) is 6.61 Å². The highest BCUT2D eigenvalue weighted by Crippen LogP contribution is 2.28. The summed E-state index contributed by atoms with van der Waals surface area (Å²) in [6, 6.07) is 14.0. The molecular weight excluding hydrogens is 328 g/mol. The van der Waals surface area contributed by atoms with Crippen molar-refractivity contribution in [1.29, 1.82) is 0 Å². The van der Waals surface area contributed by atoms with Crippen LogP contribution in [0.15, 0.2) is 42.5 Å². The van der Waals surface area contributed by atoms with Crippen LogP contribution in [0.1, 0.15) is 11.1 Å². The van der Waals surface area contributed by atoms with Gasteiger partial charge in [0, 0.05) is 26.2 Å². The van der Waals surface area contributed by atoms with E-state index in [2.05, 4.69) is 11.0 Å². The van der Waals surface area contributed by atoms with E-state index in [1.54, 1.807) is 7.11 Å². The van der Waals surface area contributed by atoms with E-state index in [-0.39, 0.29) is 12.5 Å². The number of piperazine rings is 1. The van der Waals surface area contributed by atoms with E-state index in [0.717, 1.165) is 41.4 Å². The fourth-order valence-corrected chi connectivity index (χ4v) is 3.34. The van der Waals surface area contributed by atoms with E-state index in [1.165, 1.54) is 0 Å². The smallest absolute Gasteiger partial charge is 0.260 e. The number of hydrogen-bond donors (Lipinski definition) is 0. The second-order valence-corrected chi connectivity index (χ2v) is 6.55. The van der Waals surface area contributed by atoms with Crippen molar-refractivity contribution in [2.45, 2.75) is 13.8 Å². The molecule has 0 aromatic heterocycles. The van der Waals surface area contributed by atoms with Gasteiger partial charge in [-0.1, -0.05) is 30.3 Å². The molecule has 26 heavy (non-hydrogen) atoms. The van der Waals surface area contributed by atoms with Crippen LogP contribution in [0.2, 0.25) is 0 Å². The van der Waals surface area contributed by atoms with Crippen LogP contribution in [0, 0.1) is 13.8 Å². The zero-order chi connectivity index (χ0) is 18.5. The number of nitrogens with zero attached hydrogens (tertiary/aromatic N) is 2. The van der Waals surface area contributed by atoms with Gasteiger partial charge >= 0.3 is 0 Å². The summed E-state index contributed by atoms with van der Waals surface area (Å²) in [6.07, 6.45) is 0. The van der Waals surface area contributed by atoms with Crippen molar-refractivity contribution in [3.8, 4) is 11.5 Å². The number of hydrogen-bond acceptors (Lipinski definition) is 4. The minimum atomic E-state index is 0.0346. The van der Waals surface area contributed by atoms with Crippen molar-refractivity contribution in [3.05, 3.63) is 53.6 Å². The van der Waals surface area contributed by atoms with E-state index in [1.807, 2.05) is 55.1 Å². The second-order valence-electron chi connectivity index (χ2n) is 6.55. The van der Waals surface area contributed by atoms with Gasteiger partial charge in [-0.3, -0.25) is 4.79 Å². The molecule has 0 atom stereocenters. The molecule has 5 heteroatoms. The van der Waals surface area contributed by atoms with Crippen molar-refractivity contribution in [1.82, 2.24) is 4.90 Å². The topological polar surface area (TPSA) is 42.0 Å². The first-order valence-corrected chi connectivity index (χ1v) is 8.95. The number of aryl methyl sites for hydroxylation is 2. The minimum absolute atomic E-state index is 0.0346. The number of ether oxygens (including phenoxy) is 2. The molecule has 1 amide bonds. The maximum atomic E-state index is 12.5. The first-order valence-electron chi connectivity index (χ1n) is 8.95. The number of amides is 1. The Morgan fingerprint density at radius 1 is 0.962 bits per heavy atom. The third-order valence-electron chi connectivity index (χ3n) is 4.81. The average Bonchev–Trinajstić information content (AvgIpc) is 2.67. The lowest BCUT2D eigenvalue weighted by Gasteiger charge is -2.36. The molecule has 138 valence electrons. The van der Waals surface area contributed by atoms with E-state index in [4.69, 9.17) is 9.47 Å². The van der Waals surface area contributed by atoms with Crippen molar-refractivity contribution >= 4 is 11.6 Å². The molecule has 1 aliphatic rings. The van der Waals surface area contributed by atoms with Gasteiger partial charge in [0.25, 0.3) is 5.91 Å². The summed E-state index contributed by atoms with van der Waals surface area (Å²) in [6.45, 7) is 7.03. The van der Waals surface area contributed by atoms with Gasteiger partial charge in [-0.15, -0.1) is 0 Å². The number of carbonyl (C=O) groups is 1. The number of rotatable bonds is 5. The molecule has 0 aliphatic carbocycles. The van der Waals surface area contributed by atoms with Crippen LogP contribution in [0.25, 0.3) is 0 Å². The molecule has 1 saturated heterocycles. The van der Waals surface area contributed by atoms with Gasteiger partial charge in [0.1, 0.15) is 11.5 Å². The first kappa shape index (κ1) is 18.1. The molecule has 0 radical (unpaired) electrons. The summed E-state index contributed by atoms with van der Waals surface area (Å²) < 4.78 is 11.2. The van der Waals surface area contributed by atoms with Crippen LogP contribution in [0.4, 0.5) is 5.69 Å². The highest BCUT2D eigenvalue weighted by atomic mass is 16.5. The molecule has 3 rings (SSSR count). The van der Waals surface area contributed by atoms with E-state index >= 15 is 0 Å². The van der Waals surface area contributed by atoms with Gasteiger partial charge in [-0.05, 0) is 37.1 Å². The molecule has 1 fully saturated rings. The Hall–Kier alpha value is -2.69. The Morgan fingerprint density at radius 2 is 1.62 bits per heavy atom. The fourth-order valence-electron chi connectivity index (χ4n) is 3.34. The van der Waals surface area contributed by atoms with Crippen LogP contribution in [0.5, 0.6) is 11.5 Å². The predicted molar refractivity (Wildman–Crippen MR) is 103 cm³/mol. The molecular formula is C21H26N2O3. The maximum Gasteiger partial charge on any atom is 0.260 e. The van der Waals surface area contributed by atoms with Crippen molar-refractivity contribution in [3.63, 3.8) is 0 Å². The normalized spacial score (nSPS) is 14.3. The lowest BCUT2D eigenvalue weighted by Crippen LogP contribution is -2.50. The summed E-state index contributed by atoms with van der Waals surface area (Å²) in [7, 11) is 1.68. The first-order chi connectivity index (χ1) is 12.6. The zero-order valence-electron chi connectivity index (χ0n) is 15.7. The molecule has 0 unspecified atom stereocenters. The lowest BCUT2D eigenvalue weighted by molar-refractivity contribution is -0.133. The molecule has 0 saturated carbocycles. The number of benzene rings is 2. The fraction of sp³-hybridized carbons (Fsp3) is 0.381. The average molecular weight is 354 g/mol. The SMILES string of the molecule is COc1ccccc1N1CCN(C(=O)COc2c(C)cccc2C)CC1. The Kier molecular flexibility index (Phi) is 5.66. The molecule has 2 aromatic rings. The van der Waals surface area contributed by atoms with E-state index in [0.29, 0.717) is 13.1 Å². The van der Waals surface area contributed by atoms with Gasteiger partial charge in [0.05, 0.1) is 12.8 Å². The molecule has 0 N–H and O–H groups in total. The summed E-state index contributed by atoms with van der Waals surface area (Å²) in [5, 5.41) is 0. The summed E-state index contributed by atoms with van der Waals surface area (Å²) in [5.41, 5.74) is 3.19. The summed E-state index contributed by atoms with van der Waals surface area (Å²) in [5.74, 6) is 1.71. The van der Waals surface area contributed by atoms with Crippen molar-refractivity contribution < 1.29 is 14.3 Å².